The van der Waals surface area contributed by atoms with Gasteiger partial charge in [-0.15, -0.1) is 10.2 Å². The Morgan fingerprint density at radius 3 is 3.00 bits per heavy atom. The van der Waals surface area contributed by atoms with Gasteiger partial charge in [0.05, 0.1) is 32.0 Å². The van der Waals surface area contributed by atoms with E-state index in [1.807, 2.05) is 22.9 Å². The van der Waals surface area contributed by atoms with Crippen molar-refractivity contribution in [1.29, 1.82) is 0 Å². The van der Waals surface area contributed by atoms with Gasteiger partial charge in [0.25, 0.3) is 0 Å². The fourth-order valence-corrected chi connectivity index (χ4v) is 2.81. The van der Waals surface area contributed by atoms with Crippen molar-refractivity contribution < 1.29 is 18.7 Å². The Hall–Kier alpha value is -2.68. The van der Waals surface area contributed by atoms with Crippen LogP contribution in [0.5, 0.6) is 5.75 Å². The van der Waals surface area contributed by atoms with E-state index in [1.54, 1.807) is 25.7 Å². The van der Waals surface area contributed by atoms with Gasteiger partial charge in [-0.2, -0.15) is 0 Å². The highest BCUT2D eigenvalue weighted by Crippen LogP contribution is 2.31. The standard InChI is InChI=1S/C18H19BrN4O4/c1-25-13-3-4-15(19)14(11-13)18-22-21-16(27-18)5-6-17(24)26-10-2-8-23-9-7-20-12-23/h3-4,7,9,11-12H,2,5-6,8,10H2,1H3. The van der Waals surface area contributed by atoms with Gasteiger partial charge in [0.15, 0.2) is 0 Å². The topological polar surface area (TPSA) is 92.3 Å². The molecule has 2 aromatic heterocycles. The number of esters is 1. The Bertz CT molecular complexity index is 879. The van der Waals surface area contributed by atoms with Crippen LogP contribution in [0.3, 0.4) is 0 Å². The minimum Gasteiger partial charge on any atom is -0.497 e. The Kier molecular flexibility index (Phi) is 6.59. The molecule has 0 fully saturated rings. The number of halogens is 1. The highest BCUT2D eigenvalue weighted by molar-refractivity contribution is 9.10. The van der Waals surface area contributed by atoms with Gasteiger partial charge in [0.2, 0.25) is 11.8 Å². The van der Waals surface area contributed by atoms with Crippen LogP contribution >= 0.6 is 15.9 Å². The second kappa shape index (κ2) is 9.31. The number of imidazole rings is 1. The Morgan fingerprint density at radius 2 is 2.22 bits per heavy atom. The van der Waals surface area contributed by atoms with E-state index >= 15 is 0 Å². The summed E-state index contributed by atoms with van der Waals surface area (Å²) in [7, 11) is 1.59. The lowest BCUT2D eigenvalue weighted by atomic mass is 10.2. The summed E-state index contributed by atoms with van der Waals surface area (Å²) in [5.41, 5.74) is 0.732. The first kappa shape index (κ1) is 19.1. The van der Waals surface area contributed by atoms with E-state index in [9.17, 15) is 4.79 Å². The Labute approximate surface area is 164 Å². The van der Waals surface area contributed by atoms with Gasteiger partial charge < -0.3 is 18.5 Å². The molecule has 0 aliphatic carbocycles. The summed E-state index contributed by atoms with van der Waals surface area (Å²) in [4.78, 5) is 15.8. The number of carbonyl (C=O) groups excluding carboxylic acids is 1. The second-order valence-corrected chi connectivity index (χ2v) is 6.58. The van der Waals surface area contributed by atoms with Crippen molar-refractivity contribution in [3.63, 3.8) is 0 Å². The first-order valence-corrected chi connectivity index (χ1v) is 9.22. The summed E-state index contributed by atoms with van der Waals surface area (Å²) < 4.78 is 18.8. The molecule has 2 heterocycles. The molecule has 0 aliphatic heterocycles. The van der Waals surface area contributed by atoms with Crippen molar-refractivity contribution in [2.24, 2.45) is 0 Å². The van der Waals surface area contributed by atoms with Gasteiger partial charge in [-0.3, -0.25) is 4.79 Å². The molecule has 3 aromatic rings. The monoisotopic (exact) mass is 434 g/mol. The fraction of sp³-hybridized carbons (Fsp3) is 0.333. The number of nitrogens with zero attached hydrogens (tertiary/aromatic N) is 4. The number of hydrogen-bond acceptors (Lipinski definition) is 7. The number of ether oxygens (including phenoxy) is 2. The first-order valence-electron chi connectivity index (χ1n) is 8.43. The second-order valence-electron chi connectivity index (χ2n) is 5.72. The molecule has 27 heavy (non-hydrogen) atoms. The average Bonchev–Trinajstić information content (AvgIpc) is 3.36. The summed E-state index contributed by atoms with van der Waals surface area (Å²) in [6, 6.07) is 5.47. The molecule has 0 spiro atoms. The van der Waals surface area contributed by atoms with E-state index in [-0.39, 0.29) is 12.4 Å². The smallest absolute Gasteiger partial charge is 0.306 e. The van der Waals surface area contributed by atoms with E-state index in [2.05, 4.69) is 31.1 Å². The maximum absolute atomic E-state index is 11.8. The van der Waals surface area contributed by atoms with E-state index in [1.165, 1.54) is 0 Å². The van der Waals surface area contributed by atoms with E-state index in [4.69, 9.17) is 13.9 Å². The Balaban J connectivity index is 1.46. The summed E-state index contributed by atoms with van der Waals surface area (Å²) in [5, 5.41) is 8.04. The van der Waals surface area contributed by atoms with Crippen molar-refractivity contribution in [3.8, 4) is 17.2 Å². The zero-order valence-corrected chi connectivity index (χ0v) is 16.4. The third-order valence-corrected chi connectivity index (χ3v) is 4.49. The van der Waals surface area contributed by atoms with Crippen LogP contribution in [0.4, 0.5) is 0 Å². The number of carbonyl (C=O) groups is 1. The van der Waals surface area contributed by atoms with Crippen molar-refractivity contribution in [3.05, 3.63) is 47.3 Å². The van der Waals surface area contributed by atoms with Crippen molar-refractivity contribution in [2.45, 2.75) is 25.8 Å². The number of methoxy groups -OCH3 is 1. The molecule has 0 saturated carbocycles. The molecular formula is C18H19BrN4O4. The van der Waals surface area contributed by atoms with Crippen molar-refractivity contribution in [1.82, 2.24) is 19.7 Å². The predicted octanol–water partition coefficient (Wildman–Crippen LogP) is 3.27. The normalized spacial score (nSPS) is 10.7. The van der Waals surface area contributed by atoms with Crippen LogP contribution in [0.25, 0.3) is 11.5 Å². The molecule has 0 amide bonds. The number of hydrogen-bond donors (Lipinski definition) is 0. The molecule has 1 aromatic carbocycles. The van der Waals surface area contributed by atoms with Crippen molar-refractivity contribution in [2.75, 3.05) is 13.7 Å². The lowest BCUT2D eigenvalue weighted by molar-refractivity contribution is -0.143. The first-order chi connectivity index (χ1) is 13.2. The minimum atomic E-state index is -0.289. The van der Waals surface area contributed by atoms with Crippen LogP contribution in [0, 0.1) is 0 Å². The minimum absolute atomic E-state index is 0.186. The van der Waals surface area contributed by atoms with Gasteiger partial charge in [-0.25, -0.2) is 4.98 Å². The molecule has 142 valence electrons. The quantitative estimate of drug-likeness (QED) is 0.376. The Morgan fingerprint density at radius 1 is 1.33 bits per heavy atom. The molecule has 0 unspecified atom stereocenters. The molecule has 8 nitrogen and oxygen atoms in total. The van der Waals surface area contributed by atoms with Gasteiger partial charge in [0.1, 0.15) is 5.75 Å². The zero-order valence-electron chi connectivity index (χ0n) is 14.8. The van der Waals surface area contributed by atoms with Crippen LogP contribution in [0.1, 0.15) is 18.7 Å². The van der Waals surface area contributed by atoms with Gasteiger partial charge >= 0.3 is 5.97 Å². The summed E-state index contributed by atoms with van der Waals surface area (Å²) in [5.74, 6) is 1.15. The SMILES string of the molecule is COc1ccc(Br)c(-c2nnc(CCC(=O)OCCCn3ccnc3)o2)c1. The van der Waals surface area contributed by atoms with Crippen LogP contribution in [0.2, 0.25) is 0 Å². The third-order valence-electron chi connectivity index (χ3n) is 3.80. The van der Waals surface area contributed by atoms with E-state index in [0.717, 1.165) is 23.0 Å². The summed E-state index contributed by atoms with van der Waals surface area (Å²) in [6.45, 7) is 1.12. The zero-order chi connectivity index (χ0) is 19.1. The molecule has 0 radical (unpaired) electrons. The molecular weight excluding hydrogens is 416 g/mol. The molecule has 0 N–H and O–H groups in total. The predicted molar refractivity (Wildman–Crippen MR) is 100 cm³/mol. The van der Waals surface area contributed by atoms with Gasteiger partial charge in [0, 0.05) is 29.8 Å². The highest BCUT2D eigenvalue weighted by atomic mass is 79.9. The fourth-order valence-electron chi connectivity index (χ4n) is 2.39. The molecule has 0 atom stereocenters. The van der Waals surface area contributed by atoms with Gasteiger partial charge in [-0.1, -0.05) is 0 Å². The number of aromatic nitrogens is 4. The highest BCUT2D eigenvalue weighted by Gasteiger charge is 2.14. The maximum atomic E-state index is 11.8. The molecule has 0 saturated heterocycles. The van der Waals surface area contributed by atoms with Gasteiger partial charge in [-0.05, 0) is 40.5 Å². The van der Waals surface area contributed by atoms with Crippen molar-refractivity contribution >= 4 is 21.9 Å². The third kappa shape index (κ3) is 5.40. The lowest BCUT2D eigenvalue weighted by Gasteiger charge is -2.04. The maximum Gasteiger partial charge on any atom is 0.306 e. The average molecular weight is 435 g/mol. The number of rotatable bonds is 9. The molecule has 9 heteroatoms. The van der Waals surface area contributed by atoms with E-state index < -0.39 is 0 Å². The van der Waals surface area contributed by atoms with Crippen LogP contribution in [-0.2, 0) is 22.5 Å². The number of aryl methyl sites for hydroxylation is 2. The van der Waals surface area contributed by atoms with Crippen LogP contribution in [0.15, 0.2) is 45.8 Å². The summed E-state index contributed by atoms with van der Waals surface area (Å²) >= 11 is 3.45. The molecule has 0 bridgehead atoms. The van der Waals surface area contributed by atoms with Crippen LogP contribution < -0.4 is 4.74 Å². The largest absolute Gasteiger partial charge is 0.497 e. The van der Waals surface area contributed by atoms with E-state index in [0.29, 0.717) is 30.6 Å². The summed E-state index contributed by atoms with van der Waals surface area (Å²) in [6.07, 6.45) is 6.57. The van der Waals surface area contributed by atoms with Crippen LogP contribution in [-0.4, -0.2) is 39.4 Å². The molecule has 3 rings (SSSR count). The molecule has 0 aliphatic rings. The lowest BCUT2D eigenvalue weighted by Crippen LogP contribution is -2.09. The number of benzene rings is 1.